The molecule has 0 radical (unpaired) electrons. The van der Waals surface area contributed by atoms with Crippen LogP contribution in [0, 0.1) is 0 Å². The van der Waals surface area contributed by atoms with E-state index >= 15 is 0 Å². The van der Waals surface area contributed by atoms with Crippen molar-refractivity contribution >= 4 is 28.5 Å². The normalized spacial score (nSPS) is 17.5. The number of anilines is 1. The summed E-state index contributed by atoms with van der Waals surface area (Å²) in [6, 6.07) is 2.31. The van der Waals surface area contributed by atoms with Gasteiger partial charge in [0.2, 0.25) is 0 Å². The molecule has 17 heavy (non-hydrogen) atoms. The fraction of sp³-hybridized carbons (Fsp3) is 0.500. The molecule has 2 N–H and O–H groups in total. The molecule has 0 unspecified atom stereocenters. The van der Waals surface area contributed by atoms with Crippen molar-refractivity contribution in [2.75, 3.05) is 5.32 Å². The number of halogens is 1. The van der Waals surface area contributed by atoms with Crippen LogP contribution >= 0.6 is 11.6 Å². The van der Waals surface area contributed by atoms with Crippen LogP contribution in [-0.2, 0) is 0 Å². The van der Waals surface area contributed by atoms with Crippen molar-refractivity contribution in [2.45, 2.75) is 38.1 Å². The van der Waals surface area contributed by atoms with E-state index in [2.05, 4.69) is 20.3 Å². The molecule has 0 amide bonds. The third-order valence-electron chi connectivity index (χ3n) is 3.32. The molecule has 1 saturated carbocycles. The zero-order valence-corrected chi connectivity index (χ0v) is 10.3. The van der Waals surface area contributed by atoms with Gasteiger partial charge >= 0.3 is 0 Å². The fourth-order valence-corrected chi connectivity index (χ4v) is 2.65. The number of hydrogen-bond acceptors (Lipinski definition) is 3. The van der Waals surface area contributed by atoms with Crippen LogP contribution in [0.5, 0.6) is 0 Å². The van der Waals surface area contributed by atoms with E-state index in [1.165, 1.54) is 32.1 Å². The highest BCUT2D eigenvalue weighted by atomic mass is 35.5. The van der Waals surface area contributed by atoms with Gasteiger partial charge in [-0.05, 0) is 12.8 Å². The average molecular weight is 251 g/mol. The second-order valence-electron chi connectivity index (χ2n) is 4.57. The van der Waals surface area contributed by atoms with E-state index in [1.807, 2.05) is 0 Å². The second-order valence-corrected chi connectivity index (χ2v) is 4.96. The minimum Gasteiger partial charge on any atom is -0.365 e. The minimum atomic E-state index is 0.500. The number of hydrogen-bond donors (Lipinski definition) is 2. The number of rotatable bonds is 2. The molecule has 0 spiro atoms. The van der Waals surface area contributed by atoms with Crippen molar-refractivity contribution in [3.63, 3.8) is 0 Å². The van der Waals surface area contributed by atoms with Crippen molar-refractivity contribution in [3.8, 4) is 0 Å². The molecule has 3 rings (SSSR count). The Morgan fingerprint density at radius 2 is 2.12 bits per heavy atom. The summed E-state index contributed by atoms with van der Waals surface area (Å²) in [5.74, 6) is 0.806. The van der Waals surface area contributed by atoms with Crippen LogP contribution in [0.15, 0.2) is 12.4 Å². The van der Waals surface area contributed by atoms with Crippen LogP contribution in [-0.4, -0.2) is 21.0 Å². The van der Waals surface area contributed by atoms with E-state index in [4.69, 9.17) is 11.6 Å². The number of fused-ring (bicyclic) bond motifs is 1. The summed E-state index contributed by atoms with van der Waals surface area (Å²) in [5, 5.41) is 3.97. The lowest BCUT2D eigenvalue weighted by atomic mass is 9.95. The summed E-state index contributed by atoms with van der Waals surface area (Å²) in [4.78, 5) is 11.7. The highest BCUT2D eigenvalue weighted by Crippen LogP contribution is 2.26. The largest absolute Gasteiger partial charge is 0.365 e. The number of aromatic amines is 1. The fourth-order valence-electron chi connectivity index (χ4n) is 2.46. The lowest BCUT2D eigenvalue weighted by Crippen LogP contribution is -2.23. The lowest BCUT2D eigenvalue weighted by Gasteiger charge is -2.23. The van der Waals surface area contributed by atoms with Gasteiger partial charge in [-0.15, -0.1) is 0 Å². The molecule has 0 saturated heterocycles. The molecule has 1 aliphatic carbocycles. The zero-order valence-electron chi connectivity index (χ0n) is 9.54. The first-order valence-electron chi connectivity index (χ1n) is 6.09. The highest BCUT2D eigenvalue weighted by molar-refractivity contribution is 6.30. The van der Waals surface area contributed by atoms with Crippen molar-refractivity contribution in [1.29, 1.82) is 0 Å². The van der Waals surface area contributed by atoms with E-state index in [-0.39, 0.29) is 0 Å². The third-order valence-corrected chi connectivity index (χ3v) is 3.51. The summed E-state index contributed by atoms with van der Waals surface area (Å²) >= 11 is 6.00. The molecule has 0 atom stereocenters. The first-order chi connectivity index (χ1) is 8.33. The van der Waals surface area contributed by atoms with Gasteiger partial charge in [0, 0.05) is 12.1 Å². The van der Waals surface area contributed by atoms with Gasteiger partial charge < -0.3 is 10.3 Å². The van der Waals surface area contributed by atoms with E-state index in [1.54, 1.807) is 12.4 Å². The van der Waals surface area contributed by atoms with Crippen molar-refractivity contribution in [1.82, 2.24) is 15.0 Å². The van der Waals surface area contributed by atoms with Crippen LogP contribution in [0.25, 0.3) is 11.0 Å². The van der Waals surface area contributed by atoms with Gasteiger partial charge in [0.05, 0.1) is 11.8 Å². The van der Waals surface area contributed by atoms with Gasteiger partial charge in [0.15, 0.2) is 5.82 Å². The Labute approximate surface area is 105 Å². The molecule has 4 nitrogen and oxygen atoms in total. The maximum atomic E-state index is 6.00. The smallest absolute Gasteiger partial charge is 0.156 e. The first kappa shape index (κ1) is 10.8. The molecule has 0 aliphatic heterocycles. The molecule has 1 aliphatic rings. The number of H-pyrrole nitrogens is 1. The number of nitrogens with one attached hydrogen (secondary N) is 2. The second kappa shape index (κ2) is 4.53. The summed E-state index contributed by atoms with van der Waals surface area (Å²) in [6.45, 7) is 0. The first-order valence-corrected chi connectivity index (χ1v) is 6.47. The Morgan fingerprint density at radius 1 is 1.29 bits per heavy atom. The molecular formula is C12H15ClN4. The predicted octanol–water partition coefficient (Wildman–Crippen LogP) is 3.36. The Morgan fingerprint density at radius 3 is 2.94 bits per heavy atom. The van der Waals surface area contributed by atoms with Gasteiger partial charge in [-0.1, -0.05) is 30.9 Å². The molecule has 90 valence electrons. The number of nitrogens with zero attached hydrogens (tertiary/aromatic N) is 2. The van der Waals surface area contributed by atoms with Gasteiger partial charge in [0.25, 0.3) is 0 Å². The number of pyridine rings is 1. The zero-order chi connectivity index (χ0) is 11.7. The molecule has 1 fully saturated rings. The van der Waals surface area contributed by atoms with E-state index < -0.39 is 0 Å². The molecule has 2 heterocycles. The van der Waals surface area contributed by atoms with Gasteiger partial charge in [0.1, 0.15) is 10.7 Å². The Bertz CT molecular complexity index is 516. The van der Waals surface area contributed by atoms with Crippen LogP contribution in [0.1, 0.15) is 32.1 Å². The van der Waals surface area contributed by atoms with E-state index in [9.17, 15) is 0 Å². The van der Waals surface area contributed by atoms with Crippen LogP contribution in [0.2, 0.25) is 5.15 Å². The summed E-state index contributed by atoms with van der Waals surface area (Å²) in [7, 11) is 0. The van der Waals surface area contributed by atoms with Crippen molar-refractivity contribution in [2.24, 2.45) is 0 Å². The van der Waals surface area contributed by atoms with E-state index in [0.29, 0.717) is 11.2 Å². The molecule has 0 aromatic carbocycles. The number of aromatic nitrogens is 3. The minimum absolute atomic E-state index is 0.500. The molecule has 2 aromatic heterocycles. The van der Waals surface area contributed by atoms with Gasteiger partial charge in [-0.2, -0.15) is 0 Å². The maximum Gasteiger partial charge on any atom is 0.156 e. The standard InChI is InChI=1S/C12H15ClN4/c13-10-6-9-11(15-7-14-9)12(17-10)16-8-4-2-1-3-5-8/h6-8H,1-5H2,(H,14,15)(H,16,17). The topological polar surface area (TPSA) is 53.6 Å². The maximum absolute atomic E-state index is 6.00. The Kier molecular flexibility index (Phi) is 2.89. The number of imidazole rings is 1. The van der Waals surface area contributed by atoms with E-state index in [0.717, 1.165) is 16.9 Å². The van der Waals surface area contributed by atoms with Crippen molar-refractivity contribution < 1.29 is 0 Å². The van der Waals surface area contributed by atoms with Crippen LogP contribution < -0.4 is 5.32 Å². The van der Waals surface area contributed by atoms with Crippen molar-refractivity contribution in [3.05, 3.63) is 17.5 Å². The lowest BCUT2D eigenvalue weighted by molar-refractivity contribution is 0.462. The third kappa shape index (κ3) is 2.22. The molecule has 2 aromatic rings. The monoisotopic (exact) mass is 250 g/mol. The van der Waals surface area contributed by atoms with Gasteiger partial charge in [-0.3, -0.25) is 0 Å². The van der Waals surface area contributed by atoms with Gasteiger partial charge in [-0.25, -0.2) is 9.97 Å². The average Bonchev–Trinajstić information content (AvgIpc) is 2.78. The molecule has 0 bridgehead atoms. The predicted molar refractivity (Wildman–Crippen MR) is 69.4 cm³/mol. The SMILES string of the molecule is Clc1cc2[nH]cnc2c(NC2CCCCC2)n1. The summed E-state index contributed by atoms with van der Waals surface area (Å²) in [5.41, 5.74) is 1.81. The quantitative estimate of drug-likeness (QED) is 0.804. The van der Waals surface area contributed by atoms with Crippen LogP contribution in [0.4, 0.5) is 5.82 Å². The summed E-state index contributed by atoms with van der Waals surface area (Å²) in [6.07, 6.45) is 8.03. The highest BCUT2D eigenvalue weighted by Gasteiger charge is 2.16. The molecule has 5 heteroatoms. The Balaban J connectivity index is 1.90. The molecular weight excluding hydrogens is 236 g/mol. The summed E-state index contributed by atoms with van der Waals surface area (Å²) < 4.78 is 0. The van der Waals surface area contributed by atoms with Crippen LogP contribution in [0.3, 0.4) is 0 Å². The Hall–Kier alpha value is -1.29.